The van der Waals surface area contributed by atoms with Crippen LogP contribution in [0.5, 0.6) is 0 Å². The quantitative estimate of drug-likeness (QED) is 0.582. The molecular formula is C13H25N3O2S. The number of nitrogens with zero attached hydrogens (tertiary/aromatic N) is 1. The molecule has 1 saturated heterocycles. The minimum absolute atomic E-state index is 0.0196. The van der Waals surface area contributed by atoms with Crippen LogP contribution in [-0.2, 0) is 9.84 Å². The predicted octanol–water partition coefficient (Wildman–Crippen LogP) is 0.917. The maximum atomic E-state index is 11.5. The largest absolute Gasteiger partial charge is 0.353 e. The van der Waals surface area contributed by atoms with Crippen molar-refractivity contribution in [2.24, 2.45) is 10.9 Å². The number of hydrogen-bond acceptors (Lipinski definition) is 3. The van der Waals surface area contributed by atoms with E-state index in [2.05, 4.69) is 22.5 Å². The molecule has 2 N–H and O–H groups in total. The molecule has 19 heavy (non-hydrogen) atoms. The second-order valence-corrected chi connectivity index (χ2v) is 7.83. The van der Waals surface area contributed by atoms with Gasteiger partial charge in [0.05, 0.1) is 11.5 Å². The lowest BCUT2D eigenvalue weighted by molar-refractivity contribution is 0.598. The number of rotatable bonds is 5. The van der Waals surface area contributed by atoms with Gasteiger partial charge in [-0.3, -0.25) is 4.99 Å². The first-order valence-corrected chi connectivity index (χ1v) is 9.14. The normalized spacial score (nSPS) is 33.2. The molecule has 0 radical (unpaired) electrons. The summed E-state index contributed by atoms with van der Waals surface area (Å²) < 4.78 is 22.9. The van der Waals surface area contributed by atoms with Crippen LogP contribution in [0.2, 0.25) is 0 Å². The topological polar surface area (TPSA) is 70.6 Å². The number of hydrogen-bond donors (Lipinski definition) is 2. The monoisotopic (exact) mass is 287 g/mol. The number of guanidine groups is 1. The van der Waals surface area contributed by atoms with Crippen LogP contribution < -0.4 is 10.6 Å². The van der Waals surface area contributed by atoms with Crippen LogP contribution in [0.3, 0.4) is 0 Å². The Balaban J connectivity index is 1.83. The lowest BCUT2D eigenvalue weighted by atomic mass is 10.2. The summed E-state index contributed by atoms with van der Waals surface area (Å²) in [5, 5.41) is 6.69. The van der Waals surface area contributed by atoms with Crippen molar-refractivity contribution < 1.29 is 8.42 Å². The number of aliphatic imine (C=N–C) groups is 1. The third-order valence-corrected chi connectivity index (χ3v) is 5.56. The van der Waals surface area contributed by atoms with Crippen molar-refractivity contribution in [2.75, 3.05) is 18.1 Å². The summed E-state index contributed by atoms with van der Waals surface area (Å²) in [6.45, 7) is 4.91. The first-order chi connectivity index (χ1) is 9.04. The molecule has 5 nitrogen and oxygen atoms in total. The van der Waals surface area contributed by atoms with Gasteiger partial charge in [0.15, 0.2) is 15.8 Å². The highest BCUT2D eigenvalue weighted by Crippen LogP contribution is 2.34. The van der Waals surface area contributed by atoms with Crippen LogP contribution in [0, 0.1) is 5.92 Å². The van der Waals surface area contributed by atoms with Gasteiger partial charge in [0, 0.05) is 18.6 Å². The number of nitrogens with one attached hydrogen (secondary N) is 2. The Morgan fingerprint density at radius 1 is 1.32 bits per heavy atom. The summed E-state index contributed by atoms with van der Waals surface area (Å²) in [4.78, 5) is 4.41. The summed E-state index contributed by atoms with van der Waals surface area (Å²) in [5.74, 6) is 2.08. The maximum absolute atomic E-state index is 11.5. The van der Waals surface area contributed by atoms with Crippen molar-refractivity contribution >= 4 is 15.8 Å². The van der Waals surface area contributed by atoms with Gasteiger partial charge in [-0.15, -0.1) is 0 Å². The van der Waals surface area contributed by atoms with Crippen LogP contribution in [0.15, 0.2) is 4.99 Å². The van der Waals surface area contributed by atoms with E-state index in [0.29, 0.717) is 24.8 Å². The minimum atomic E-state index is -2.83. The zero-order chi connectivity index (χ0) is 13.9. The van der Waals surface area contributed by atoms with Crippen LogP contribution in [-0.4, -0.2) is 44.5 Å². The molecule has 2 aliphatic rings. The van der Waals surface area contributed by atoms with Gasteiger partial charge in [0.2, 0.25) is 0 Å². The first-order valence-electron chi connectivity index (χ1n) is 7.32. The molecule has 1 heterocycles. The average molecular weight is 287 g/mol. The third kappa shape index (κ3) is 4.37. The highest BCUT2D eigenvalue weighted by Gasteiger charge is 2.37. The Bertz CT molecular complexity index is 433. The van der Waals surface area contributed by atoms with Crippen LogP contribution in [0.4, 0.5) is 0 Å². The molecule has 1 aliphatic carbocycles. The molecule has 2 rings (SSSR count). The molecule has 3 unspecified atom stereocenters. The van der Waals surface area contributed by atoms with Gasteiger partial charge in [-0.25, -0.2) is 8.42 Å². The lowest BCUT2D eigenvalue weighted by Crippen LogP contribution is -2.45. The maximum Gasteiger partial charge on any atom is 0.191 e. The van der Waals surface area contributed by atoms with E-state index in [0.717, 1.165) is 11.9 Å². The van der Waals surface area contributed by atoms with E-state index in [1.165, 1.54) is 19.3 Å². The standard InChI is InChI=1S/C13H25N3O2S/c1-3-5-10-8-12(10)16-13(14-4-2)15-11-6-7-19(17,18)9-11/h10-12H,3-9H2,1-2H3,(H2,14,15,16). The number of sulfone groups is 1. The zero-order valence-electron chi connectivity index (χ0n) is 11.9. The predicted molar refractivity (Wildman–Crippen MR) is 78.1 cm³/mol. The van der Waals surface area contributed by atoms with E-state index >= 15 is 0 Å². The Labute approximate surface area is 116 Å². The summed E-state index contributed by atoms with van der Waals surface area (Å²) in [7, 11) is -2.83. The van der Waals surface area contributed by atoms with Crippen molar-refractivity contribution in [2.45, 2.75) is 51.6 Å². The van der Waals surface area contributed by atoms with Gasteiger partial charge in [0.1, 0.15) is 0 Å². The summed E-state index contributed by atoms with van der Waals surface area (Å²) >= 11 is 0. The van der Waals surface area contributed by atoms with Gasteiger partial charge in [-0.2, -0.15) is 0 Å². The Morgan fingerprint density at radius 2 is 2.11 bits per heavy atom. The molecule has 110 valence electrons. The summed E-state index contributed by atoms with van der Waals surface area (Å²) in [6.07, 6.45) is 4.38. The summed E-state index contributed by atoms with van der Waals surface area (Å²) in [6, 6.07) is 0.543. The van der Waals surface area contributed by atoms with E-state index < -0.39 is 9.84 Å². The fourth-order valence-corrected chi connectivity index (χ4v) is 4.36. The molecule has 0 spiro atoms. The SMILES string of the molecule is CCCC1CC1NC(=NCC)NC1CCS(=O)(=O)C1. The van der Waals surface area contributed by atoms with E-state index in [4.69, 9.17) is 0 Å². The highest BCUT2D eigenvalue weighted by atomic mass is 32.2. The van der Waals surface area contributed by atoms with Crippen molar-refractivity contribution in [3.63, 3.8) is 0 Å². The van der Waals surface area contributed by atoms with E-state index in [-0.39, 0.29) is 11.8 Å². The molecule has 0 aromatic heterocycles. The van der Waals surface area contributed by atoms with Crippen LogP contribution >= 0.6 is 0 Å². The van der Waals surface area contributed by atoms with Crippen molar-refractivity contribution in [1.82, 2.24) is 10.6 Å². The van der Waals surface area contributed by atoms with Gasteiger partial charge < -0.3 is 10.6 Å². The zero-order valence-corrected chi connectivity index (χ0v) is 12.7. The van der Waals surface area contributed by atoms with Gasteiger partial charge in [0.25, 0.3) is 0 Å². The average Bonchev–Trinajstić information content (AvgIpc) is 2.95. The molecule has 1 saturated carbocycles. The molecule has 3 atom stereocenters. The first kappa shape index (κ1) is 14.6. The van der Waals surface area contributed by atoms with Gasteiger partial charge in [-0.05, 0) is 32.1 Å². The van der Waals surface area contributed by atoms with E-state index in [1.807, 2.05) is 6.92 Å². The van der Waals surface area contributed by atoms with Crippen molar-refractivity contribution in [1.29, 1.82) is 0 Å². The van der Waals surface area contributed by atoms with Crippen molar-refractivity contribution in [3.8, 4) is 0 Å². The second kappa shape index (κ2) is 6.11. The molecule has 0 amide bonds. The van der Waals surface area contributed by atoms with Gasteiger partial charge >= 0.3 is 0 Å². The minimum Gasteiger partial charge on any atom is -0.353 e. The second-order valence-electron chi connectivity index (χ2n) is 5.60. The van der Waals surface area contributed by atoms with Crippen LogP contribution in [0.1, 0.15) is 39.5 Å². The molecule has 0 aromatic carbocycles. The molecule has 2 fully saturated rings. The van der Waals surface area contributed by atoms with E-state index in [1.54, 1.807) is 0 Å². The molecule has 6 heteroatoms. The highest BCUT2D eigenvalue weighted by molar-refractivity contribution is 7.91. The van der Waals surface area contributed by atoms with Crippen molar-refractivity contribution in [3.05, 3.63) is 0 Å². The Morgan fingerprint density at radius 3 is 2.68 bits per heavy atom. The third-order valence-electron chi connectivity index (χ3n) is 3.79. The summed E-state index contributed by atoms with van der Waals surface area (Å²) in [5.41, 5.74) is 0. The smallest absolute Gasteiger partial charge is 0.191 e. The van der Waals surface area contributed by atoms with Gasteiger partial charge in [-0.1, -0.05) is 13.3 Å². The fourth-order valence-electron chi connectivity index (χ4n) is 2.68. The molecular weight excluding hydrogens is 262 g/mol. The fraction of sp³-hybridized carbons (Fsp3) is 0.923. The van der Waals surface area contributed by atoms with Crippen LogP contribution in [0.25, 0.3) is 0 Å². The molecule has 1 aliphatic heterocycles. The molecule has 0 aromatic rings. The lowest BCUT2D eigenvalue weighted by Gasteiger charge is -2.16. The van der Waals surface area contributed by atoms with E-state index in [9.17, 15) is 8.42 Å². The Kier molecular flexibility index (Phi) is 4.71. The molecule has 0 bridgehead atoms. The Hall–Kier alpha value is -0.780.